The van der Waals surface area contributed by atoms with Crippen molar-refractivity contribution in [1.82, 2.24) is 4.57 Å². The molecular formula is C19H18N2O. The van der Waals surface area contributed by atoms with Gasteiger partial charge >= 0.3 is 0 Å². The number of aromatic nitrogens is 1. The summed E-state index contributed by atoms with van der Waals surface area (Å²) in [5.74, 6) is 0.106. The minimum Gasteiger partial charge on any atom is -0.351 e. The first-order valence-electron chi connectivity index (χ1n) is 7.61. The van der Waals surface area contributed by atoms with Crippen molar-refractivity contribution in [3.8, 4) is 0 Å². The molecule has 0 unspecified atom stereocenters. The number of nitrogens with zero attached hydrogens (tertiary/aromatic N) is 1. The first-order chi connectivity index (χ1) is 10.7. The van der Waals surface area contributed by atoms with Gasteiger partial charge in [0, 0.05) is 29.8 Å². The Kier molecular flexibility index (Phi) is 2.83. The third-order valence-electron chi connectivity index (χ3n) is 4.65. The number of nitrogens with one attached hydrogen (secondary N) is 1. The fraction of sp³-hybridized carbons (Fsp3) is 0.211. The molecule has 110 valence electrons. The van der Waals surface area contributed by atoms with Gasteiger partial charge in [-0.2, -0.15) is 0 Å². The van der Waals surface area contributed by atoms with Gasteiger partial charge in [0.2, 0.25) is 5.91 Å². The van der Waals surface area contributed by atoms with E-state index in [9.17, 15) is 4.79 Å². The predicted molar refractivity (Wildman–Crippen MR) is 88.9 cm³/mol. The molecule has 3 nitrogen and oxygen atoms in total. The van der Waals surface area contributed by atoms with Gasteiger partial charge in [-0.15, -0.1) is 0 Å². The van der Waals surface area contributed by atoms with Gasteiger partial charge in [-0.25, -0.2) is 0 Å². The minimum atomic E-state index is -0.326. The van der Waals surface area contributed by atoms with Crippen molar-refractivity contribution in [1.29, 1.82) is 0 Å². The lowest BCUT2D eigenvalue weighted by Gasteiger charge is -2.16. The molecule has 1 N–H and O–H groups in total. The van der Waals surface area contributed by atoms with E-state index in [2.05, 4.69) is 16.0 Å². The van der Waals surface area contributed by atoms with E-state index in [-0.39, 0.29) is 11.3 Å². The highest BCUT2D eigenvalue weighted by molar-refractivity contribution is 6.02. The quantitative estimate of drug-likeness (QED) is 0.781. The van der Waals surface area contributed by atoms with Gasteiger partial charge in [0.25, 0.3) is 0 Å². The highest BCUT2D eigenvalue weighted by atomic mass is 16.2. The molecule has 3 aromatic rings. The Morgan fingerprint density at radius 3 is 2.59 bits per heavy atom. The summed E-state index contributed by atoms with van der Waals surface area (Å²) in [5.41, 5.74) is 2.83. The van der Waals surface area contributed by atoms with E-state index in [0.29, 0.717) is 0 Å². The Morgan fingerprint density at radius 1 is 1.09 bits per heavy atom. The van der Waals surface area contributed by atoms with E-state index >= 15 is 0 Å². The lowest BCUT2D eigenvalue weighted by atomic mass is 9.95. The molecule has 0 aliphatic heterocycles. The maximum atomic E-state index is 12.7. The Morgan fingerprint density at radius 2 is 1.86 bits per heavy atom. The second kappa shape index (κ2) is 4.73. The Hall–Kier alpha value is -2.55. The van der Waals surface area contributed by atoms with Crippen LogP contribution in [0.1, 0.15) is 18.4 Å². The highest BCUT2D eigenvalue weighted by Gasteiger charge is 2.51. The van der Waals surface area contributed by atoms with Gasteiger partial charge in [0.05, 0.1) is 5.41 Å². The highest BCUT2D eigenvalue weighted by Crippen LogP contribution is 2.48. The molecule has 0 bridgehead atoms. The van der Waals surface area contributed by atoms with E-state index < -0.39 is 0 Å². The molecule has 1 aliphatic rings. The zero-order valence-electron chi connectivity index (χ0n) is 12.5. The van der Waals surface area contributed by atoms with Gasteiger partial charge in [-0.05, 0) is 42.7 Å². The molecule has 2 aromatic carbocycles. The predicted octanol–water partition coefficient (Wildman–Crippen LogP) is 3.85. The zero-order chi connectivity index (χ0) is 15.2. The van der Waals surface area contributed by atoms with Crippen molar-refractivity contribution in [2.24, 2.45) is 7.05 Å². The maximum Gasteiger partial charge on any atom is 0.235 e. The van der Waals surface area contributed by atoms with Crippen LogP contribution in [-0.4, -0.2) is 10.5 Å². The summed E-state index contributed by atoms with van der Waals surface area (Å²) in [4.78, 5) is 12.7. The number of hydrogen-bond acceptors (Lipinski definition) is 1. The summed E-state index contributed by atoms with van der Waals surface area (Å²) < 4.78 is 2.08. The third kappa shape index (κ3) is 2.01. The summed E-state index contributed by atoms with van der Waals surface area (Å²) in [5, 5.41) is 4.24. The molecule has 22 heavy (non-hydrogen) atoms. The minimum absolute atomic E-state index is 0.106. The number of carbonyl (C=O) groups excluding carboxylic acids is 1. The number of aryl methyl sites for hydroxylation is 1. The number of carbonyl (C=O) groups is 1. The molecule has 1 aliphatic carbocycles. The van der Waals surface area contributed by atoms with Crippen LogP contribution < -0.4 is 5.32 Å². The van der Waals surface area contributed by atoms with Crippen LogP contribution >= 0.6 is 0 Å². The molecule has 1 aromatic heterocycles. The average Bonchev–Trinajstić information content (AvgIpc) is 3.28. The molecule has 1 fully saturated rings. The smallest absolute Gasteiger partial charge is 0.235 e. The van der Waals surface area contributed by atoms with Crippen LogP contribution in [0, 0.1) is 0 Å². The molecule has 0 atom stereocenters. The van der Waals surface area contributed by atoms with Crippen LogP contribution in [0.5, 0.6) is 0 Å². The zero-order valence-corrected chi connectivity index (χ0v) is 12.5. The summed E-state index contributed by atoms with van der Waals surface area (Å²) >= 11 is 0. The van der Waals surface area contributed by atoms with Gasteiger partial charge in [0.15, 0.2) is 0 Å². The van der Waals surface area contributed by atoms with Crippen molar-refractivity contribution in [2.75, 3.05) is 5.32 Å². The van der Waals surface area contributed by atoms with Crippen molar-refractivity contribution in [3.63, 3.8) is 0 Å². The topological polar surface area (TPSA) is 34.0 Å². The molecule has 1 amide bonds. The number of fused-ring (bicyclic) bond motifs is 1. The summed E-state index contributed by atoms with van der Waals surface area (Å²) in [6, 6.07) is 18.2. The summed E-state index contributed by atoms with van der Waals surface area (Å²) in [6.07, 6.45) is 3.88. The lowest BCUT2D eigenvalue weighted by molar-refractivity contribution is -0.118. The van der Waals surface area contributed by atoms with Crippen LogP contribution in [0.15, 0.2) is 60.8 Å². The van der Waals surface area contributed by atoms with E-state index in [1.807, 2.05) is 61.8 Å². The van der Waals surface area contributed by atoms with E-state index in [4.69, 9.17) is 0 Å². The molecule has 0 spiro atoms. The van der Waals surface area contributed by atoms with E-state index in [1.54, 1.807) is 0 Å². The monoisotopic (exact) mass is 290 g/mol. The maximum absolute atomic E-state index is 12.7. The second-order valence-corrected chi connectivity index (χ2v) is 6.10. The number of benzene rings is 2. The fourth-order valence-corrected chi connectivity index (χ4v) is 3.14. The standard InChI is InChI=1S/C19H18N2O/c1-21-12-9-14-13-16(7-8-17(14)21)20-18(22)19(10-11-19)15-5-3-2-4-6-15/h2-9,12-13H,10-11H2,1H3,(H,20,22). The van der Waals surface area contributed by atoms with Crippen LogP contribution in [0.4, 0.5) is 5.69 Å². The molecule has 1 heterocycles. The van der Waals surface area contributed by atoms with Crippen molar-refractivity contribution in [2.45, 2.75) is 18.3 Å². The van der Waals surface area contributed by atoms with Crippen molar-refractivity contribution >= 4 is 22.5 Å². The molecule has 4 rings (SSSR count). The largest absolute Gasteiger partial charge is 0.351 e. The van der Waals surface area contributed by atoms with Gasteiger partial charge in [-0.3, -0.25) is 4.79 Å². The first-order valence-corrected chi connectivity index (χ1v) is 7.61. The average molecular weight is 290 g/mol. The van der Waals surface area contributed by atoms with Crippen LogP contribution in [-0.2, 0) is 17.3 Å². The molecular weight excluding hydrogens is 272 g/mol. The van der Waals surface area contributed by atoms with Crippen LogP contribution in [0.3, 0.4) is 0 Å². The second-order valence-electron chi connectivity index (χ2n) is 6.10. The lowest BCUT2D eigenvalue weighted by Crippen LogP contribution is -2.27. The Labute approximate surface area is 129 Å². The summed E-state index contributed by atoms with van der Waals surface area (Å²) in [6.45, 7) is 0. The van der Waals surface area contributed by atoms with Crippen LogP contribution in [0.25, 0.3) is 10.9 Å². The van der Waals surface area contributed by atoms with Crippen LogP contribution in [0.2, 0.25) is 0 Å². The van der Waals surface area contributed by atoms with Gasteiger partial charge in [-0.1, -0.05) is 30.3 Å². The molecule has 1 saturated carbocycles. The third-order valence-corrected chi connectivity index (χ3v) is 4.65. The van der Waals surface area contributed by atoms with E-state index in [1.165, 1.54) is 5.52 Å². The Bertz CT molecular complexity index is 844. The van der Waals surface area contributed by atoms with Crippen molar-refractivity contribution in [3.05, 3.63) is 66.4 Å². The molecule has 0 saturated heterocycles. The number of rotatable bonds is 3. The SMILES string of the molecule is Cn1ccc2cc(NC(=O)C3(c4ccccc4)CC3)ccc21. The Balaban J connectivity index is 1.61. The van der Waals surface area contributed by atoms with E-state index in [0.717, 1.165) is 29.5 Å². The van der Waals surface area contributed by atoms with Gasteiger partial charge < -0.3 is 9.88 Å². The van der Waals surface area contributed by atoms with Crippen molar-refractivity contribution < 1.29 is 4.79 Å². The fourth-order valence-electron chi connectivity index (χ4n) is 3.14. The number of amides is 1. The number of anilines is 1. The summed E-state index contributed by atoms with van der Waals surface area (Å²) in [7, 11) is 2.02. The van der Waals surface area contributed by atoms with Gasteiger partial charge in [0.1, 0.15) is 0 Å². The normalized spacial score (nSPS) is 15.7. The molecule has 0 radical (unpaired) electrons. The molecule has 3 heteroatoms. The first kappa shape index (κ1) is 13.1. The number of hydrogen-bond donors (Lipinski definition) is 1.